The molecule has 96 valence electrons. The number of aromatic nitrogens is 2. The van der Waals surface area contributed by atoms with Crippen LogP contribution in [0.25, 0.3) is 0 Å². The Bertz CT molecular complexity index is 412. The molecule has 1 rings (SSSR count). The fraction of sp³-hybridized carbons (Fsp3) is 0.636. The van der Waals surface area contributed by atoms with Crippen LogP contribution in [-0.2, 0) is 7.05 Å². The van der Waals surface area contributed by atoms with Gasteiger partial charge in [-0.15, -0.1) is 0 Å². The predicted octanol–water partition coefficient (Wildman–Crippen LogP) is 0.238. The second-order valence-corrected chi connectivity index (χ2v) is 4.58. The first-order valence-corrected chi connectivity index (χ1v) is 5.39. The van der Waals surface area contributed by atoms with Gasteiger partial charge >= 0.3 is 0 Å². The highest BCUT2D eigenvalue weighted by molar-refractivity contribution is 5.93. The second-order valence-electron chi connectivity index (χ2n) is 4.58. The first kappa shape index (κ1) is 13.5. The Labute approximate surface area is 101 Å². The Hall–Kier alpha value is -1.56. The van der Waals surface area contributed by atoms with E-state index < -0.39 is 5.54 Å². The molecule has 1 aromatic rings. The summed E-state index contributed by atoms with van der Waals surface area (Å²) < 4.78 is 6.60. The summed E-state index contributed by atoms with van der Waals surface area (Å²) in [5, 5.41) is 4.11. The van der Waals surface area contributed by atoms with Crippen molar-refractivity contribution in [3.63, 3.8) is 0 Å². The number of ether oxygens (including phenoxy) is 1. The Kier molecular flexibility index (Phi) is 3.77. The van der Waals surface area contributed by atoms with Gasteiger partial charge in [-0.1, -0.05) is 0 Å². The molecule has 0 unspecified atom stereocenters. The minimum atomic E-state index is -0.401. The number of nitrogens with zero attached hydrogens (tertiary/aromatic N) is 3. The molecule has 0 atom stereocenters. The van der Waals surface area contributed by atoms with Gasteiger partial charge in [0.05, 0.1) is 7.11 Å². The van der Waals surface area contributed by atoms with Crippen molar-refractivity contribution in [2.24, 2.45) is 12.8 Å². The first-order valence-electron chi connectivity index (χ1n) is 5.39. The van der Waals surface area contributed by atoms with Crippen LogP contribution >= 0.6 is 0 Å². The highest BCUT2D eigenvalue weighted by Gasteiger charge is 2.28. The summed E-state index contributed by atoms with van der Waals surface area (Å²) in [6, 6.07) is 1.62. The second kappa shape index (κ2) is 4.75. The Morgan fingerprint density at radius 1 is 1.65 bits per heavy atom. The molecule has 0 spiro atoms. The smallest absolute Gasteiger partial charge is 0.274 e. The van der Waals surface area contributed by atoms with E-state index in [4.69, 9.17) is 10.5 Å². The molecule has 0 bridgehead atoms. The van der Waals surface area contributed by atoms with Crippen molar-refractivity contribution in [1.29, 1.82) is 0 Å². The normalized spacial score (nSPS) is 11.4. The summed E-state index contributed by atoms with van der Waals surface area (Å²) in [5.41, 5.74) is 5.59. The van der Waals surface area contributed by atoms with Gasteiger partial charge in [0, 0.05) is 32.2 Å². The Morgan fingerprint density at radius 3 is 2.65 bits per heavy atom. The zero-order valence-corrected chi connectivity index (χ0v) is 11.0. The summed E-state index contributed by atoms with van der Waals surface area (Å²) in [5.74, 6) is 0.381. The molecule has 1 amide bonds. The number of likely N-dealkylation sites (N-methyl/N-ethyl adjacent to an activating group) is 1. The van der Waals surface area contributed by atoms with Gasteiger partial charge in [0.1, 0.15) is 0 Å². The molecule has 0 fully saturated rings. The molecule has 0 saturated heterocycles. The lowest BCUT2D eigenvalue weighted by molar-refractivity contribution is 0.0633. The SMILES string of the molecule is COc1cc(C(=O)N(C)C(C)(C)CN)nn1C. The van der Waals surface area contributed by atoms with Crippen LogP contribution in [0.5, 0.6) is 5.88 Å². The van der Waals surface area contributed by atoms with E-state index in [9.17, 15) is 4.79 Å². The van der Waals surface area contributed by atoms with Gasteiger partial charge in [0.25, 0.3) is 5.91 Å². The molecule has 0 radical (unpaired) electrons. The van der Waals surface area contributed by atoms with E-state index in [0.717, 1.165) is 0 Å². The van der Waals surface area contributed by atoms with Crippen LogP contribution in [0.1, 0.15) is 24.3 Å². The largest absolute Gasteiger partial charge is 0.481 e. The van der Waals surface area contributed by atoms with E-state index in [1.54, 1.807) is 32.2 Å². The van der Waals surface area contributed by atoms with E-state index in [1.165, 1.54) is 4.68 Å². The molecule has 0 saturated carbocycles. The maximum absolute atomic E-state index is 12.2. The topological polar surface area (TPSA) is 73.4 Å². The monoisotopic (exact) mass is 240 g/mol. The minimum absolute atomic E-state index is 0.167. The van der Waals surface area contributed by atoms with Crippen molar-refractivity contribution in [2.45, 2.75) is 19.4 Å². The van der Waals surface area contributed by atoms with Gasteiger partial charge in [0.2, 0.25) is 5.88 Å². The summed E-state index contributed by atoms with van der Waals surface area (Å²) in [6.07, 6.45) is 0. The maximum atomic E-state index is 12.2. The van der Waals surface area contributed by atoms with Crippen molar-refractivity contribution >= 4 is 5.91 Å². The quantitative estimate of drug-likeness (QED) is 0.818. The van der Waals surface area contributed by atoms with Crippen molar-refractivity contribution in [3.8, 4) is 5.88 Å². The third kappa shape index (κ3) is 2.58. The number of nitrogens with two attached hydrogens (primary N) is 1. The van der Waals surface area contributed by atoms with E-state index >= 15 is 0 Å². The number of hydrogen-bond donors (Lipinski definition) is 1. The molecule has 6 nitrogen and oxygen atoms in total. The van der Waals surface area contributed by atoms with Crippen LogP contribution in [0, 0.1) is 0 Å². The van der Waals surface area contributed by atoms with Crippen LogP contribution in [0.2, 0.25) is 0 Å². The van der Waals surface area contributed by atoms with Crippen molar-refractivity contribution in [3.05, 3.63) is 11.8 Å². The third-order valence-electron chi connectivity index (χ3n) is 2.98. The molecule has 0 aliphatic heterocycles. The number of methoxy groups -OCH3 is 1. The van der Waals surface area contributed by atoms with Crippen LogP contribution < -0.4 is 10.5 Å². The summed E-state index contributed by atoms with van der Waals surface area (Å²) in [6.45, 7) is 4.20. The lowest BCUT2D eigenvalue weighted by atomic mass is 10.0. The van der Waals surface area contributed by atoms with Crippen molar-refractivity contribution in [2.75, 3.05) is 20.7 Å². The van der Waals surface area contributed by atoms with E-state index in [2.05, 4.69) is 5.10 Å². The molecule has 17 heavy (non-hydrogen) atoms. The summed E-state index contributed by atoms with van der Waals surface area (Å²) in [7, 11) is 4.98. The molecule has 1 heterocycles. The first-order chi connectivity index (χ1) is 7.83. The van der Waals surface area contributed by atoms with Gasteiger partial charge in [0.15, 0.2) is 5.69 Å². The van der Waals surface area contributed by atoms with Gasteiger partial charge < -0.3 is 15.4 Å². The van der Waals surface area contributed by atoms with E-state index in [1.807, 2.05) is 13.8 Å². The molecule has 0 aliphatic carbocycles. The Morgan fingerprint density at radius 2 is 2.24 bits per heavy atom. The molecule has 6 heteroatoms. The van der Waals surface area contributed by atoms with Crippen LogP contribution in [0.4, 0.5) is 0 Å². The standard InChI is InChI=1S/C11H20N4O2/c1-11(2,7-12)14(3)10(16)8-6-9(17-5)15(4)13-8/h6H,7,12H2,1-5H3. The molecular formula is C11H20N4O2. The molecular weight excluding hydrogens is 220 g/mol. The molecule has 0 aromatic carbocycles. The lowest BCUT2D eigenvalue weighted by Gasteiger charge is -2.33. The van der Waals surface area contributed by atoms with Gasteiger partial charge in [-0.2, -0.15) is 5.10 Å². The van der Waals surface area contributed by atoms with E-state index in [-0.39, 0.29) is 5.91 Å². The summed E-state index contributed by atoms with van der Waals surface area (Å²) in [4.78, 5) is 13.8. The number of rotatable bonds is 4. The number of carbonyl (C=O) groups is 1. The Balaban J connectivity index is 2.96. The highest BCUT2D eigenvalue weighted by Crippen LogP contribution is 2.17. The molecule has 1 aromatic heterocycles. The summed E-state index contributed by atoms with van der Waals surface area (Å²) >= 11 is 0. The van der Waals surface area contributed by atoms with Crippen LogP contribution in [-0.4, -0.2) is 46.8 Å². The minimum Gasteiger partial charge on any atom is -0.481 e. The lowest BCUT2D eigenvalue weighted by Crippen LogP contribution is -2.50. The zero-order valence-electron chi connectivity index (χ0n) is 11.0. The van der Waals surface area contributed by atoms with Crippen LogP contribution in [0.3, 0.4) is 0 Å². The van der Waals surface area contributed by atoms with Gasteiger partial charge in [-0.05, 0) is 13.8 Å². The van der Waals surface area contributed by atoms with Crippen LogP contribution in [0.15, 0.2) is 6.07 Å². The van der Waals surface area contributed by atoms with Crippen molar-refractivity contribution in [1.82, 2.24) is 14.7 Å². The zero-order chi connectivity index (χ0) is 13.2. The average molecular weight is 240 g/mol. The number of carbonyl (C=O) groups excluding carboxylic acids is 1. The van der Waals surface area contributed by atoms with Gasteiger partial charge in [-0.25, -0.2) is 4.68 Å². The molecule has 0 aliphatic rings. The predicted molar refractivity (Wildman–Crippen MR) is 65.0 cm³/mol. The molecule has 2 N–H and O–H groups in total. The highest BCUT2D eigenvalue weighted by atomic mass is 16.5. The fourth-order valence-corrected chi connectivity index (χ4v) is 1.33. The van der Waals surface area contributed by atoms with E-state index in [0.29, 0.717) is 18.1 Å². The average Bonchev–Trinajstić information content (AvgIpc) is 2.68. The van der Waals surface area contributed by atoms with Crippen molar-refractivity contribution < 1.29 is 9.53 Å². The fourth-order valence-electron chi connectivity index (χ4n) is 1.33. The third-order valence-corrected chi connectivity index (χ3v) is 2.98. The number of aryl methyl sites for hydroxylation is 1. The maximum Gasteiger partial charge on any atom is 0.274 e. The number of amides is 1. The van der Waals surface area contributed by atoms with Gasteiger partial charge in [-0.3, -0.25) is 4.79 Å². The number of hydrogen-bond acceptors (Lipinski definition) is 4.